The Kier molecular flexibility index (Phi) is 2.51. The van der Waals surface area contributed by atoms with Crippen LogP contribution in [0.1, 0.15) is 25.3 Å². The summed E-state index contributed by atoms with van der Waals surface area (Å²) in [6.45, 7) is 4.27. The summed E-state index contributed by atoms with van der Waals surface area (Å²) in [6.07, 6.45) is 8.82. The summed E-state index contributed by atoms with van der Waals surface area (Å²) < 4.78 is 1.79. The Bertz CT molecular complexity index is 672. The average Bonchev–Trinajstić information content (AvgIpc) is 2.82. The van der Waals surface area contributed by atoms with Gasteiger partial charge in [0.25, 0.3) is 0 Å². The summed E-state index contributed by atoms with van der Waals surface area (Å²) in [5.74, 6) is 0.400. The van der Waals surface area contributed by atoms with Crippen molar-refractivity contribution in [1.82, 2.24) is 24.6 Å². The van der Waals surface area contributed by atoms with Crippen LogP contribution in [0.15, 0.2) is 37.2 Å². The summed E-state index contributed by atoms with van der Waals surface area (Å²) >= 11 is 0. The first kappa shape index (κ1) is 10.8. The summed E-state index contributed by atoms with van der Waals surface area (Å²) in [7, 11) is 0. The van der Waals surface area contributed by atoms with E-state index in [1.807, 2.05) is 18.5 Å². The van der Waals surface area contributed by atoms with Crippen LogP contribution in [-0.4, -0.2) is 24.6 Å². The highest BCUT2D eigenvalue weighted by atomic mass is 15.2. The number of rotatable bonds is 2. The molecule has 90 valence electrons. The van der Waals surface area contributed by atoms with Crippen LogP contribution < -0.4 is 0 Å². The van der Waals surface area contributed by atoms with Gasteiger partial charge in [-0.1, -0.05) is 13.8 Å². The second-order valence-electron chi connectivity index (χ2n) is 4.46. The Morgan fingerprint density at radius 3 is 2.61 bits per heavy atom. The molecule has 0 unspecified atom stereocenters. The molecule has 0 aliphatic heterocycles. The van der Waals surface area contributed by atoms with E-state index in [4.69, 9.17) is 0 Å². The molecule has 5 heteroatoms. The third kappa shape index (κ3) is 1.73. The molecular formula is C13H13N5. The van der Waals surface area contributed by atoms with Crippen molar-refractivity contribution >= 4 is 5.65 Å². The normalized spacial score (nSPS) is 11.3. The minimum Gasteiger partial charge on any atom is -0.244 e. The first-order chi connectivity index (χ1) is 8.75. The number of fused-ring (bicyclic) bond motifs is 1. The molecule has 0 aromatic carbocycles. The Morgan fingerprint density at radius 2 is 1.89 bits per heavy atom. The maximum absolute atomic E-state index is 4.65. The van der Waals surface area contributed by atoms with E-state index in [0.29, 0.717) is 5.92 Å². The highest BCUT2D eigenvalue weighted by Crippen LogP contribution is 2.21. The highest BCUT2D eigenvalue weighted by molar-refractivity contribution is 5.61. The first-order valence-corrected chi connectivity index (χ1v) is 5.85. The van der Waals surface area contributed by atoms with Gasteiger partial charge in [0.2, 0.25) is 0 Å². The van der Waals surface area contributed by atoms with Crippen molar-refractivity contribution in [3.8, 4) is 11.3 Å². The van der Waals surface area contributed by atoms with Crippen LogP contribution in [0.5, 0.6) is 0 Å². The maximum atomic E-state index is 4.65. The standard InChI is InChI=1S/C13H13N5/c1-9(2)11-7-16-18-4-3-12(17-13(11)18)10-5-14-8-15-6-10/h3-9H,1-2H3. The quantitative estimate of drug-likeness (QED) is 0.688. The van der Waals surface area contributed by atoms with Crippen molar-refractivity contribution in [2.45, 2.75) is 19.8 Å². The van der Waals surface area contributed by atoms with Gasteiger partial charge in [0.1, 0.15) is 6.33 Å². The van der Waals surface area contributed by atoms with Gasteiger partial charge in [0.05, 0.1) is 11.9 Å². The van der Waals surface area contributed by atoms with Crippen molar-refractivity contribution in [1.29, 1.82) is 0 Å². The molecule has 0 atom stereocenters. The lowest BCUT2D eigenvalue weighted by atomic mass is 10.1. The van der Waals surface area contributed by atoms with E-state index >= 15 is 0 Å². The maximum Gasteiger partial charge on any atom is 0.159 e. The van der Waals surface area contributed by atoms with E-state index in [9.17, 15) is 0 Å². The molecule has 0 saturated heterocycles. The topological polar surface area (TPSA) is 56.0 Å². The van der Waals surface area contributed by atoms with E-state index in [1.54, 1.807) is 16.9 Å². The zero-order chi connectivity index (χ0) is 12.5. The number of hydrogen-bond donors (Lipinski definition) is 0. The van der Waals surface area contributed by atoms with Crippen molar-refractivity contribution in [2.24, 2.45) is 0 Å². The van der Waals surface area contributed by atoms with E-state index < -0.39 is 0 Å². The zero-order valence-corrected chi connectivity index (χ0v) is 10.3. The van der Waals surface area contributed by atoms with E-state index in [0.717, 1.165) is 22.5 Å². The van der Waals surface area contributed by atoms with Gasteiger partial charge < -0.3 is 0 Å². The van der Waals surface area contributed by atoms with Crippen LogP contribution in [0.3, 0.4) is 0 Å². The predicted molar refractivity (Wildman–Crippen MR) is 68.1 cm³/mol. The lowest BCUT2D eigenvalue weighted by Gasteiger charge is -2.03. The third-order valence-electron chi connectivity index (χ3n) is 2.87. The van der Waals surface area contributed by atoms with E-state index in [1.165, 1.54) is 6.33 Å². The predicted octanol–water partition coefficient (Wildman–Crippen LogP) is 2.31. The van der Waals surface area contributed by atoms with Crippen LogP contribution in [0.2, 0.25) is 0 Å². The van der Waals surface area contributed by atoms with Gasteiger partial charge in [-0.2, -0.15) is 5.10 Å². The van der Waals surface area contributed by atoms with Gasteiger partial charge in [-0.3, -0.25) is 0 Å². The Morgan fingerprint density at radius 1 is 1.11 bits per heavy atom. The molecule has 3 heterocycles. The van der Waals surface area contributed by atoms with Crippen molar-refractivity contribution < 1.29 is 0 Å². The van der Waals surface area contributed by atoms with Crippen molar-refractivity contribution in [3.05, 3.63) is 42.7 Å². The smallest absolute Gasteiger partial charge is 0.159 e. The van der Waals surface area contributed by atoms with E-state index in [2.05, 4.69) is 33.9 Å². The summed E-state index contributed by atoms with van der Waals surface area (Å²) in [5.41, 5.74) is 3.82. The molecule has 0 aliphatic rings. The van der Waals surface area contributed by atoms with Crippen LogP contribution in [0.25, 0.3) is 16.9 Å². The molecule has 0 aliphatic carbocycles. The van der Waals surface area contributed by atoms with Crippen molar-refractivity contribution in [3.63, 3.8) is 0 Å². The van der Waals surface area contributed by atoms with Gasteiger partial charge in [-0.05, 0) is 12.0 Å². The molecule has 3 rings (SSSR count). The molecule has 5 nitrogen and oxygen atoms in total. The lowest BCUT2D eigenvalue weighted by molar-refractivity contribution is 0.872. The molecule has 0 saturated carbocycles. The lowest BCUT2D eigenvalue weighted by Crippen LogP contribution is -1.95. The minimum absolute atomic E-state index is 0.400. The molecular weight excluding hydrogens is 226 g/mol. The van der Waals surface area contributed by atoms with E-state index in [-0.39, 0.29) is 0 Å². The fraction of sp³-hybridized carbons (Fsp3) is 0.231. The molecule has 0 amide bonds. The second kappa shape index (κ2) is 4.18. The minimum atomic E-state index is 0.400. The van der Waals surface area contributed by atoms with Crippen LogP contribution in [0.4, 0.5) is 0 Å². The Labute approximate surface area is 105 Å². The number of aromatic nitrogens is 5. The fourth-order valence-electron chi connectivity index (χ4n) is 1.89. The first-order valence-electron chi connectivity index (χ1n) is 5.85. The Hall–Kier alpha value is -2.30. The SMILES string of the molecule is CC(C)c1cnn2ccc(-c3cncnc3)nc12. The van der Waals surface area contributed by atoms with Crippen molar-refractivity contribution in [2.75, 3.05) is 0 Å². The summed E-state index contributed by atoms with van der Waals surface area (Å²) in [5, 5.41) is 4.30. The van der Waals surface area contributed by atoms with Crippen LogP contribution >= 0.6 is 0 Å². The third-order valence-corrected chi connectivity index (χ3v) is 2.87. The molecule has 0 N–H and O–H groups in total. The molecule has 0 spiro atoms. The highest BCUT2D eigenvalue weighted by Gasteiger charge is 2.10. The van der Waals surface area contributed by atoms with Gasteiger partial charge >= 0.3 is 0 Å². The molecule has 0 fully saturated rings. The number of hydrogen-bond acceptors (Lipinski definition) is 4. The second-order valence-corrected chi connectivity index (χ2v) is 4.46. The molecule has 18 heavy (non-hydrogen) atoms. The zero-order valence-electron chi connectivity index (χ0n) is 10.3. The average molecular weight is 239 g/mol. The van der Waals surface area contributed by atoms with Gasteiger partial charge in [0.15, 0.2) is 5.65 Å². The largest absolute Gasteiger partial charge is 0.244 e. The molecule has 3 aromatic rings. The summed E-state index contributed by atoms with van der Waals surface area (Å²) in [4.78, 5) is 12.7. The molecule has 0 bridgehead atoms. The van der Waals surface area contributed by atoms with Gasteiger partial charge in [-0.25, -0.2) is 19.5 Å². The molecule has 0 radical (unpaired) electrons. The fourth-order valence-corrected chi connectivity index (χ4v) is 1.89. The monoisotopic (exact) mass is 239 g/mol. The summed E-state index contributed by atoms with van der Waals surface area (Å²) in [6, 6.07) is 1.92. The number of nitrogens with zero attached hydrogens (tertiary/aromatic N) is 5. The van der Waals surface area contributed by atoms with Crippen LogP contribution in [-0.2, 0) is 0 Å². The molecule has 3 aromatic heterocycles. The van der Waals surface area contributed by atoms with Gasteiger partial charge in [0, 0.05) is 29.7 Å². The van der Waals surface area contributed by atoms with Crippen LogP contribution in [0, 0.1) is 0 Å². The Balaban J connectivity index is 2.18. The van der Waals surface area contributed by atoms with Gasteiger partial charge in [-0.15, -0.1) is 0 Å².